The molecule has 7 nitrogen and oxygen atoms in total. The number of fused-ring (bicyclic) bond motifs is 3. The molecular formula is C13H9ClN6O. The molecule has 0 atom stereocenters. The summed E-state index contributed by atoms with van der Waals surface area (Å²) >= 11 is 5.88. The summed E-state index contributed by atoms with van der Waals surface area (Å²) in [4.78, 5) is 14.8. The molecule has 4 aromatic rings. The van der Waals surface area contributed by atoms with Crippen LogP contribution in [0.3, 0.4) is 0 Å². The van der Waals surface area contributed by atoms with Crippen LogP contribution in [0, 0.1) is 0 Å². The second-order valence-electron chi connectivity index (χ2n) is 4.62. The summed E-state index contributed by atoms with van der Waals surface area (Å²) in [6.07, 6.45) is 0. The van der Waals surface area contributed by atoms with Gasteiger partial charge in [0.1, 0.15) is 16.9 Å². The van der Waals surface area contributed by atoms with Crippen LogP contribution < -0.4 is 11.3 Å². The zero-order valence-electron chi connectivity index (χ0n) is 10.6. The van der Waals surface area contributed by atoms with Crippen LogP contribution in [0.1, 0.15) is 0 Å². The summed E-state index contributed by atoms with van der Waals surface area (Å²) in [6.45, 7) is 0. The minimum atomic E-state index is -0.300. The number of nitrogens with one attached hydrogen (secondary N) is 2. The molecule has 0 radical (unpaired) electrons. The molecule has 0 bridgehead atoms. The van der Waals surface area contributed by atoms with E-state index in [0.29, 0.717) is 27.4 Å². The molecule has 21 heavy (non-hydrogen) atoms. The Labute approximate surface area is 122 Å². The van der Waals surface area contributed by atoms with Gasteiger partial charge in [-0.05, 0) is 12.1 Å². The van der Waals surface area contributed by atoms with E-state index in [0.717, 1.165) is 5.56 Å². The summed E-state index contributed by atoms with van der Waals surface area (Å²) in [7, 11) is 0. The van der Waals surface area contributed by atoms with Crippen molar-refractivity contribution >= 4 is 34.1 Å². The average molecular weight is 301 g/mol. The van der Waals surface area contributed by atoms with Gasteiger partial charge in [-0.3, -0.25) is 9.89 Å². The van der Waals surface area contributed by atoms with E-state index >= 15 is 0 Å². The Bertz CT molecular complexity index is 1030. The topological polar surface area (TPSA) is 105 Å². The molecule has 4 N–H and O–H groups in total. The SMILES string of the molecule is Nc1[nH]nc2c1c(=O)[nH]c1cc(-c3ccc(Cl)cc3)nn12. The lowest BCUT2D eigenvalue weighted by atomic mass is 10.2. The van der Waals surface area contributed by atoms with Gasteiger partial charge in [-0.1, -0.05) is 23.7 Å². The fraction of sp³-hybridized carbons (Fsp3) is 0. The van der Waals surface area contributed by atoms with Gasteiger partial charge in [0.2, 0.25) is 0 Å². The Kier molecular flexibility index (Phi) is 2.34. The van der Waals surface area contributed by atoms with Crippen LogP contribution in [0.5, 0.6) is 0 Å². The van der Waals surface area contributed by atoms with E-state index < -0.39 is 0 Å². The highest BCUT2D eigenvalue weighted by molar-refractivity contribution is 6.30. The molecule has 1 aromatic carbocycles. The van der Waals surface area contributed by atoms with Crippen molar-refractivity contribution in [2.24, 2.45) is 0 Å². The number of H-pyrrole nitrogens is 2. The van der Waals surface area contributed by atoms with Gasteiger partial charge in [0.25, 0.3) is 5.56 Å². The van der Waals surface area contributed by atoms with Crippen molar-refractivity contribution in [1.29, 1.82) is 0 Å². The first-order chi connectivity index (χ1) is 10.1. The molecule has 0 aliphatic heterocycles. The van der Waals surface area contributed by atoms with Crippen molar-refractivity contribution in [2.45, 2.75) is 0 Å². The van der Waals surface area contributed by atoms with Crippen molar-refractivity contribution < 1.29 is 0 Å². The zero-order chi connectivity index (χ0) is 14.6. The second-order valence-corrected chi connectivity index (χ2v) is 5.06. The normalized spacial score (nSPS) is 11.5. The Hall–Kier alpha value is -2.80. The van der Waals surface area contributed by atoms with Gasteiger partial charge in [0.05, 0.1) is 5.69 Å². The largest absolute Gasteiger partial charge is 0.383 e. The van der Waals surface area contributed by atoms with Crippen molar-refractivity contribution in [2.75, 3.05) is 5.73 Å². The summed E-state index contributed by atoms with van der Waals surface area (Å²) in [6, 6.07) is 9.06. The van der Waals surface area contributed by atoms with Gasteiger partial charge < -0.3 is 10.7 Å². The molecule has 3 aromatic heterocycles. The second kappa shape index (κ2) is 4.10. The molecular weight excluding hydrogens is 292 g/mol. The third kappa shape index (κ3) is 1.71. The number of nitrogen functional groups attached to an aromatic ring is 1. The van der Waals surface area contributed by atoms with Crippen LogP contribution in [0.15, 0.2) is 35.1 Å². The maximum absolute atomic E-state index is 12.0. The summed E-state index contributed by atoms with van der Waals surface area (Å²) in [5, 5.41) is 12.0. The first-order valence-corrected chi connectivity index (χ1v) is 6.53. The molecule has 0 amide bonds. The highest BCUT2D eigenvalue weighted by atomic mass is 35.5. The lowest BCUT2D eigenvalue weighted by Crippen LogP contribution is -2.10. The number of nitrogens with zero attached hydrogens (tertiary/aromatic N) is 3. The first-order valence-electron chi connectivity index (χ1n) is 6.15. The minimum absolute atomic E-state index is 0.219. The monoisotopic (exact) mass is 300 g/mol. The Morgan fingerprint density at radius 2 is 2.00 bits per heavy atom. The quantitative estimate of drug-likeness (QED) is 0.498. The highest BCUT2D eigenvalue weighted by Crippen LogP contribution is 2.22. The Balaban J connectivity index is 2.04. The maximum atomic E-state index is 12.0. The van der Waals surface area contributed by atoms with E-state index in [-0.39, 0.29) is 11.4 Å². The summed E-state index contributed by atoms with van der Waals surface area (Å²) in [5.74, 6) is 0.219. The van der Waals surface area contributed by atoms with Gasteiger partial charge in [-0.15, -0.1) is 0 Å². The van der Waals surface area contributed by atoms with E-state index in [2.05, 4.69) is 20.3 Å². The van der Waals surface area contributed by atoms with Crippen molar-refractivity contribution in [3.8, 4) is 11.3 Å². The van der Waals surface area contributed by atoms with Crippen molar-refractivity contribution in [1.82, 2.24) is 24.8 Å². The fourth-order valence-electron chi connectivity index (χ4n) is 2.29. The molecule has 104 valence electrons. The van der Waals surface area contributed by atoms with E-state index in [1.165, 1.54) is 0 Å². The van der Waals surface area contributed by atoms with Gasteiger partial charge in [0.15, 0.2) is 5.65 Å². The molecule has 8 heteroatoms. The standard InChI is InChI=1S/C13H9ClN6O/c14-7-3-1-6(2-4-7)8-5-9-16-13(21)10-11(15)17-18-12(10)20(9)19-8/h1-5H,(H,16,21)(H3,15,17,18). The smallest absolute Gasteiger partial charge is 0.264 e. The number of aromatic amines is 2. The molecule has 0 spiro atoms. The van der Waals surface area contributed by atoms with E-state index in [4.69, 9.17) is 17.3 Å². The van der Waals surface area contributed by atoms with Crippen LogP contribution in [0.25, 0.3) is 27.9 Å². The molecule has 0 fully saturated rings. The number of hydrogen-bond donors (Lipinski definition) is 3. The summed E-state index contributed by atoms with van der Waals surface area (Å²) < 4.78 is 1.55. The molecule has 0 saturated heterocycles. The molecule has 0 saturated carbocycles. The van der Waals surface area contributed by atoms with E-state index in [1.807, 2.05) is 12.1 Å². The van der Waals surface area contributed by atoms with Crippen LogP contribution in [0.4, 0.5) is 5.82 Å². The predicted molar refractivity (Wildman–Crippen MR) is 80.3 cm³/mol. The lowest BCUT2D eigenvalue weighted by Gasteiger charge is -1.95. The summed E-state index contributed by atoms with van der Waals surface area (Å²) in [5.41, 5.74) is 7.94. The minimum Gasteiger partial charge on any atom is -0.383 e. The number of halogens is 1. The number of nitrogens with two attached hydrogens (primary N) is 1. The molecule has 0 unspecified atom stereocenters. The van der Waals surface area contributed by atoms with Gasteiger partial charge in [0, 0.05) is 16.7 Å². The maximum Gasteiger partial charge on any atom is 0.264 e. The van der Waals surface area contributed by atoms with Gasteiger partial charge in [-0.25, -0.2) is 0 Å². The third-order valence-corrected chi connectivity index (χ3v) is 3.55. The number of benzene rings is 1. The molecule has 0 aliphatic carbocycles. The van der Waals surface area contributed by atoms with Crippen molar-refractivity contribution in [3.05, 3.63) is 45.7 Å². The molecule has 0 aliphatic rings. The Morgan fingerprint density at radius 3 is 2.76 bits per heavy atom. The van der Waals surface area contributed by atoms with E-state index in [1.54, 1.807) is 22.7 Å². The predicted octanol–water partition coefficient (Wildman–Crippen LogP) is 1.80. The van der Waals surface area contributed by atoms with Gasteiger partial charge >= 0.3 is 0 Å². The lowest BCUT2D eigenvalue weighted by molar-refractivity contribution is 0.949. The Morgan fingerprint density at radius 1 is 1.24 bits per heavy atom. The van der Waals surface area contributed by atoms with Crippen LogP contribution in [-0.2, 0) is 0 Å². The van der Waals surface area contributed by atoms with Crippen LogP contribution in [0.2, 0.25) is 5.02 Å². The number of anilines is 1. The highest BCUT2D eigenvalue weighted by Gasteiger charge is 2.14. The third-order valence-electron chi connectivity index (χ3n) is 3.29. The zero-order valence-corrected chi connectivity index (χ0v) is 11.3. The number of rotatable bonds is 1. The number of aromatic nitrogens is 5. The molecule has 4 rings (SSSR count). The van der Waals surface area contributed by atoms with Crippen LogP contribution >= 0.6 is 11.6 Å². The van der Waals surface area contributed by atoms with Crippen LogP contribution in [-0.4, -0.2) is 24.8 Å². The molecule has 3 heterocycles. The average Bonchev–Trinajstić information content (AvgIpc) is 3.04. The fourth-order valence-corrected chi connectivity index (χ4v) is 2.42. The number of hydrogen-bond acceptors (Lipinski definition) is 4. The van der Waals surface area contributed by atoms with Crippen molar-refractivity contribution in [3.63, 3.8) is 0 Å². The first kappa shape index (κ1) is 12.0. The van der Waals surface area contributed by atoms with E-state index in [9.17, 15) is 4.79 Å². The van der Waals surface area contributed by atoms with Gasteiger partial charge in [-0.2, -0.15) is 14.7 Å².